The Labute approximate surface area is 295 Å². The molecule has 0 bridgehead atoms. The molecule has 4 aromatic rings. The van der Waals surface area contributed by atoms with Crippen LogP contribution in [0.2, 0.25) is 0 Å². The highest BCUT2D eigenvalue weighted by atomic mass is 16.6. The van der Waals surface area contributed by atoms with Crippen molar-refractivity contribution in [2.45, 2.75) is 91.9 Å². The molecule has 2 aliphatic rings. The smallest absolute Gasteiger partial charge is 0.337 e. The Kier molecular flexibility index (Phi) is 12.2. The van der Waals surface area contributed by atoms with Gasteiger partial charge in [-0.15, -0.1) is 0 Å². The number of carbonyl (C=O) groups excluding carboxylic acids is 2. The van der Waals surface area contributed by atoms with E-state index in [2.05, 4.69) is 30.2 Å². The fraction of sp³-hybridized carbons (Fsp3) is 0.486. The lowest BCUT2D eigenvalue weighted by atomic mass is 9.86. The highest BCUT2D eigenvalue weighted by Crippen LogP contribution is 2.25. The zero-order chi connectivity index (χ0) is 37.4. The maximum atomic E-state index is 12.3. The van der Waals surface area contributed by atoms with Gasteiger partial charge >= 0.3 is 29.2 Å². The van der Waals surface area contributed by atoms with Gasteiger partial charge in [0, 0.05) is 18.1 Å². The van der Waals surface area contributed by atoms with Gasteiger partial charge < -0.3 is 23.2 Å². The van der Waals surface area contributed by atoms with Crippen LogP contribution in [0.4, 0.5) is 0 Å². The lowest BCUT2D eigenvalue weighted by Crippen LogP contribution is -2.24. The number of rotatable bonds is 9. The number of Topliss-reactive ketones (excluding diaryl/α,β-unsaturated/α-hetero) is 1. The summed E-state index contributed by atoms with van der Waals surface area (Å²) in [7, 11) is 0. The van der Waals surface area contributed by atoms with E-state index in [1.165, 1.54) is 12.1 Å². The van der Waals surface area contributed by atoms with E-state index in [1.54, 1.807) is 13.8 Å². The number of hydrogen-bond acceptors (Lipinski definition) is 15. The van der Waals surface area contributed by atoms with Gasteiger partial charge in [-0.3, -0.25) is 29.1 Å². The van der Waals surface area contributed by atoms with Crippen molar-refractivity contribution in [1.29, 1.82) is 0 Å². The Morgan fingerprint density at radius 1 is 0.731 bits per heavy atom. The van der Waals surface area contributed by atoms with E-state index in [-0.39, 0.29) is 57.8 Å². The second-order valence-electron chi connectivity index (χ2n) is 12.4. The average Bonchev–Trinajstić information content (AvgIpc) is 3.12. The topological polar surface area (TPSA) is 238 Å². The van der Waals surface area contributed by atoms with Crippen LogP contribution in [0.1, 0.15) is 90.2 Å². The fourth-order valence-electron chi connectivity index (χ4n) is 6.10. The number of ether oxygens (including phenoxy) is 1. The van der Waals surface area contributed by atoms with Gasteiger partial charge in [0.1, 0.15) is 16.6 Å². The van der Waals surface area contributed by atoms with Crippen molar-refractivity contribution in [3.8, 4) is 12.0 Å². The highest BCUT2D eigenvalue weighted by Gasteiger charge is 2.26. The molecule has 2 saturated carbocycles. The van der Waals surface area contributed by atoms with E-state index in [0.717, 1.165) is 24.3 Å². The normalized spacial score (nSPS) is 17.2. The molecule has 0 spiro atoms. The van der Waals surface area contributed by atoms with E-state index >= 15 is 0 Å². The molecule has 17 nitrogen and oxygen atoms in total. The molecule has 4 heterocycles. The van der Waals surface area contributed by atoms with Crippen molar-refractivity contribution >= 4 is 45.4 Å². The van der Waals surface area contributed by atoms with Gasteiger partial charge in [-0.2, -0.15) is 9.97 Å². The number of nitrogens with zero attached hydrogens (tertiary/aromatic N) is 4. The number of fused-ring (bicyclic) bond motifs is 2. The molecule has 0 atom stereocenters. The molecule has 17 heteroatoms. The van der Waals surface area contributed by atoms with Crippen molar-refractivity contribution in [1.82, 2.24) is 19.9 Å². The fourth-order valence-corrected chi connectivity index (χ4v) is 6.10. The summed E-state index contributed by atoms with van der Waals surface area (Å²) in [5.41, 5.74) is 0.515. The number of aryl methyl sites for hydroxylation is 2. The molecule has 52 heavy (non-hydrogen) atoms. The van der Waals surface area contributed by atoms with Crippen LogP contribution < -0.4 is 32.0 Å². The molecule has 0 amide bonds. The van der Waals surface area contributed by atoms with Crippen LogP contribution in [0, 0.1) is 11.8 Å². The predicted molar refractivity (Wildman–Crippen MR) is 188 cm³/mol. The maximum Gasteiger partial charge on any atom is 0.337 e. The number of carbonyl (C=O) groups is 2. The number of ketones is 1. The molecule has 0 saturated heterocycles. The zero-order valence-electron chi connectivity index (χ0n) is 29.4. The molecular formula is C35H40N6O11. The zero-order valence-corrected chi connectivity index (χ0v) is 29.4. The number of nitrogens with one attached hydrogen (secondary N) is 2. The van der Waals surface area contributed by atoms with Gasteiger partial charge in [0.05, 0.1) is 23.9 Å². The van der Waals surface area contributed by atoms with Gasteiger partial charge in [-0.25, -0.2) is 9.59 Å². The van der Waals surface area contributed by atoms with Crippen LogP contribution >= 0.6 is 0 Å². The summed E-state index contributed by atoms with van der Waals surface area (Å²) in [4.78, 5) is 94.3. The third kappa shape index (κ3) is 9.13. The summed E-state index contributed by atoms with van der Waals surface area (Å²) in [6.07, 6.45) is 6.28. The molecular weight excluding hydrogens is 680 g/mol. The van der Waals surface area contributed by atoms with Gasteiger partial charge in [-0.1, -0.05) is 24.2 Å². The summed E-state index contributed by atoms with van der Waals surface area (Å²) < 4.78 is 15.1. The molecule has 0 unspecified atom stereocenters. The van der Waals surface area contributed by atoms with Crippen molar-refractivity contribution in [2.24, 2.45) is 22.1 Å². The van der Waals surface area contributed by atoms with Crippen molar-refractivity contribution in [3.63, 3.8) is 0 Å². The second kappa shape index (κ2) is 17.0. The quantitative estimate of drug-likeness (QED) is 0.185. The minimum atomic E-state index is -0.577. The van der Waals surface area contributed by atoms with Crippen molar-refractivity contribution in [3.05, 3.63) is 64.8 Å². The highest BCUT2D eigenvalue weighted by molar-refractivity contribution is 5.88. The Morgan fingerprint density at radius 2 is 1.15 bits per heavy atom. The van der Waals surface area contributed by atoms with Crippen LogP contribution in [0.15, 0.2) is 50.5 Å². The first kappa shape index (κ1) is 37.5. The molecule has 276 valence electrons. The van der Waals surface area contributed by atoms with Crippen LogP contribution in [-0.2, 0) is 27.2 Å². The summed E-state index contributed by atoms with van der Waals surface area (Å²) in [6.45, 7) is 7.42. The van der Waals surface area contributed by atoms with Gasteiger partial charge in [0.25, 0.3) is 11.1 Å². The number of aromatic nitrogens is 4. The summed E-state index contributed by atoms with van der Waals surface area (Å²) >= 11 is 0. The van der Waals surface area contributed by atoms with Crippen molar-refractivity contribution < 1.29 is 32.8 Å². The first-order chi connectivity index (χ1) is 25.0. The van der Waals surface area contributed by atoms with Gasteiger partial charge in [0.15, 0.2) is 0 Å². The Hall–Kier alpha value is -5.74. The first-order valence-corrected chi connectivity index (χ1v) is 17.3. The van der Waals surface area contributed by atoms with Crippen LogP contribution in [0.3, 0.4) is 0 Å². The van der Waals surface area contributed by atoms with E-state index in [9.17, 15) is 28.8 Å². The van der Waals surface area contributed by atoms with Gasteiger partial charge in [0.2, 0.25) is 11.4 Å². The van der Waals surface area contributed by atoms with E-state index in [1.807, 2.05) is 13.8 Å². The Bertz CT molecular complexity index is 2250. The SMILES string of the molecule is CCOC(=O)C1CCC(=NOc2nc3oc(=O)cc(CC)c3c(=O)[nH]2)CC1.CCc1cc(=O)oc2nc(ON=C3CCC(C(C)=O)CC3)[nH]c(=O)c12. The number of aromatic amines is 2. The predicted octanol–water partition coefficient (Wildman–Crippen LogP) is 3.88. The summed E-state index contributed by atoms with van der Waals surface area (Å²) in [5.74, 6) is -0.0227. The van der Waals surface area contributed by atoms with Gasteiger partial charge in [-0.05, 0) is 89.2 Å². The monoisotopic (exact) mass is 720 g/mol. The second-order valence-corrected chi connectivity index (χ2v) is 12.4. The lowest BCUT2D eigenvalue weighted by Gasteiger charge is -2.20. The van der Waals surface area contributed by atoms with E-state index in [0.29, 0.717) is 69.1 Å². The van der Waals surface area contributed by atoms with Crippen LogP contribution in [0.5, 0.6) is 12.0 Å². The molecule has 2 aliphatic carbocycles. The maximum absolute atomic E-state index is 12.3. The third-order valence-corrected chi connectivity index (χ3v) is 8.95. The molecule has 0 radical (unpaired) electrons. The Morgan fingerprint density at radius 3 is 1.54 bits per heavy atom. The molecule has 2 fully saturated rings. The molecule has 2 N–H and O–H groups in total. The number of oxime groups is 2. The molecule has 0 aliphatic heterocycles. The average molecular weight is 721 g/mol. The van der Waals surface area contributed by atoms with Crippen LogP contribution in [0.25, 0.3) is 22.2 Å². The Balaban J connectivity index is 0.000000202. The van der Waals surface area contributed by atoms with Crippen LogP contribution in [-0.4, -0.2) is 49.7 Å². The van der Waals surface area contributed by atoms with Crippen molar-refractivity contribution in [2.75, 3.05) is 6.61 Å². The largest absolute Gasteiger partial charge is 0.466 e. The van der Waals surface area contributed by atoms with E-state index in [4.69, 9.17) is 23.2 Å². The molecule has 4 aromatic heterocycles. The summed E-state index contributed by atoms with van der Waals surface area (Å²) in [5, 5.41) is 8.50. The molecule has 6 rings (SSSR count). The number of esters is 1. The lowest BCUT2D eigenvalue weighted by molar-refractivity contribution is -0.148. The number of H-pyrrole nitrogens is 2. The standard InChI is InChI=1S/C18H21N3O6.C17H19N3O5/c1-3-10-9-13(22)26-16-14(10)15(23)19-18(20-16)27-21-12-7-5-11(6-8-12)17(24)25-4-2;1-3-10-8-13(22)24-16-14(10)15(23)18-17(19-16)25-20-12-6-4-11(5-7-12)9(2)21/h9,11H,3-8H2,1-2H3,(H,19,20,23);8,11H,3-7H2,1-2H3,(H,18,19,23). The molecule has 0 aromatic carbocycles. The summed E-state index contributed by atoms with van der Waals surface area (Å²) in [6, 6.07) is 2.29. The van der Waals surface area contributed by atoms with E-state index < -0.39 is 22.4 Å². The third-order valence-electron chi connectivity index (χ3n) is 8.95. The minimum absolute atomic E-state index is 0.0661. The first-order valence-electron chi connectivity index (χ1n) is 17.3. The number of hydrogen-bond donors (Lipinski definition) is 2. The minimum Gasteiger partial charge on any atom is -0.466 e.